The fraction of sp³-hybridized carbons (Fsp3) is 0.476. The van der Waals surface area contributed by atoms with Crippen LogP contribution in [0.3, 0.4) is 0 Å². The molecule has 1 aliphatic rings. The highest BCUT2D eigenvalue weighted by molar-refractivity contribution is 6.30. The van der Waals surface area contributed by atoms with Crippen molar-refractivity contribution in [3.63, 3.8) is 0 Å². The number of rotatable bonds is 5. The van der Waals surface area contributed by atoms with E-state index in [9.17, 15) is 4.79 Å². The Kier molecular flexibility index (Phi) is 5.81. The van der Waals surface area contributed by atoms with Crippen LogP contribution in [0.15, 0.2) is 35.3 Å². The Morgan fingerprint density at radius 3 is 2.60 bits per heavy atom. The molecular weight excluding hydrogens is 404 g/mol. The number of aromatic nitrogens is 4. The lowest BCUT2D eigenvalue weighted by molar-refractivity contribution is 0.0187. The summed E-state index contributed by atoms with van der Waals surface area (Å²) in [5, 5.41) is 8.89. The summed E-state index contributed by atoms with van der Waals surface area (Å²) >= 11 is 6.08. The molecule has 0 spiro atoms. The molecule has 160 valence electrons. The second kappa shape index (κ2) is 8.37. The molecule has 3 aromatic rings. The summed E-state index contributed by atoms with van der Waals surface area (Å²) in [6.45, 7) is 9.77. The van der Waals surface area contributed by atoms with Crippen molar-refractivity contribution in [2.24, 2.45) is 0 Å². The van der Waals surface area contributed by atoms with Crippen LogP contribution >= 0.6 is 11.6 Å². The van der Waals surface area contributed by atoms with E-state index in [1.54, 1.807) is 10.9 Å². The van der Waals surface area contributed by atoms with E-state index < -0.39 is 0 Å². The standard InChI is InChI=1S/C21H27ClN6O2/c1-21(2,3)28-18-16(12-24-28)19(29)26-20(25-18)23-13-17(27-8-10-30-11-9-27)14-4-6-15(22)7-5-14/h4-7,12,17H,8-11,13H2,1-3H3,(H2,23,25,26,29). The van der Waals surface area contributed by atoms with Crippen molar-refractivity contribution in [2.75, 3.05) is 38.2 Å². The summed E-state index contributed by atoms with van der Waals surface area (Å²) in [4.78, 5) is 22.4. The Labute approximate surface area is 180 Å². The summed E-state index contributed by atoms with van der Waals surface area (Å²) in [5.41, 5.74) is 1.24. The van der Waals surface area contributed by atoms with Gasteiger partial charge in [-0.05, 0) is 38.5 Å². The molecule has 4 rings (SSSR count). The van der Waals surface area contributed by atoms with Gasteiger partial charge in [-0.1, -0.05) is 23.7 Å². The molecular formula is C21H27ClN6O2. The van der Waals surface area contributed by atoms with Crippen molar-refractivity contribution >= 4 is 28.6 Å². The molecule has 9 heteroatoms. The van der Waals surface area contributed by atoms with Crippen molar-refractivity contribution in [1.82, 2.24) is 24.6 Å². The zero-order valence-electron chi connectivity index (χ0n) is 17.5. The lowest BCUT2D eigenvalue weighted by Gasteiger charge is -2.35. The monoisotopic (exact) mass is 430 g/mol. The van der Waals surface area contributed by atoms with E-state index in [0.29, 0.717) is 41.8 Å². The van der Waals surface area contributed by atoms with Gasteiger partial charge in [-0.3, -0.25) is 14.7 Å². The Hall–Kier alpha value is -2.42. The molecule has 1 aliphatic heterocycles. The Morgan fingerprint density at radius 2 is 1.93 bits per heavy atom. The highest BCUT2D eigenvalue weighted by Crippen LogP contribution is 2.24. The highest BCUT2D eigenvalue weighted by atomic mass is 35.5. The second-order valence-corrected chi connectivity index (χ2v) is 8.91. The van der Waals surface area contributed by atoms with Gasteiger partial charge >= 0.3 is 0 Å². The maximum atomic E-state index is 12.6. The summed E-state index contributed by atoms with van der Waals surface area (Å²) in [7, 11) is 0. The second-order valence-electron chi connectivity index (χ2n) is 8.48. The van der Waals surface area contributed by atoms with E-state index in [-0.39, 0.29) is 17.1 Å². The van der Waals surface area contributed by atoms with E-state index >= 15 is 0 Å². The Balaban J connectivity index is 1.62. The molecule has 30 heavy (non-hydrogen) atoms. The third-order valence-corrected chi connectivity index (χ3v) is 5.53. The minimum Gasteiger partial charge on any atom is -0.379 e. The largest absolute Gasteiger partial charge is 0.379 e. The Bertz CT molecular complexity index is 1060. The van der Waals surface area contributed by atoms with Gasteiger partial charge in [-0.15, -0.1) is 0 Å². The SMILES string of the molecule is CC(C)(C)n1ncc2c(=O)[nH]c(NCC(c3ccc(Cl)cc3)N3CCOCC3)nc21. The fourth-order valence-electron chi connectivity index (χ4n) is 3.72. The topological polar surface area (TPSA) is 88.1 Å². The van der Waals surface area contributed by atoms with Crippen molar-refractivity contribution < 1.29 is 4.74 Å². The molecule has 3 heterocycles. The van der Waals surface area contributed by atoms with E-state index in [4.69, 9.17) is 16.3 Å². The molecule has 1 unspecified atom stereocenters. The first kappa shape index (κ1) is 20.8. The van der Waals surface area contributed by atoms with Crippen molar-refractivity contribution in [2.45, 2.75) is 32.4 Å². The van der Waals surface area contributed by atoms with Crippen LogP contribution in [0.4, 0.5) is 5.95 Å². The van der Waals surface area contributed by atoms with Crippen molar-refractivity contribution in [1.29, 1.82) is 0 Å². The molecule has 1 aromatic carbocycles. The number of benzene rings is 1. The number of halogens is 1. The zero-order valence-corrected chi connectivity index (χ0v) is 18.2. The first-order valence-electron chi connectivity index (χ1n) is 10.1. The van der Waals surface area contributed by atoms with Crippen molar-refractivity contribution in [3.8, 4) is 0 Å². The van der Waals surface area contributed by atoms with Crippen LogP contribution in [0, 0.1) is 0 Å². The van der Waals surface area contributed by atoms with Gasteiger partial charge in [0.25, 0.3) is 5.56 Å². The molecule has 1 saturated heterocycles. The van der Waals surface area contributed by atoms with E-state index in [1.165, 1.54) is 0 Å². The van der Waals surface area contributed by atoms with Crippen LogP contribution in [0.5, 0.6) is 0 Å². The van der Waals surface area contributed by atoms with Gasteiger partial charge in [0.1, 0.15) is 5.39 Å². The molecule has 1 atom stereocenters. The normalized spacial score (nSPS) is 16.7. The molecule has 0 amide bonds. The van der Waals surface area contributed by atoms with Crippen molar-refractivity contribution in [3.05, 3.63) is 51.4 Å². The number of hydrogen-bond donors (Lipinski definition) is 2. The predicted octanol–water partition coefficient (Wildman–Crippen LogP) is 3.01. The first-order chi connectivity index (χ1) is 14.3. The first-order valence-corrected chi connectivity index (χ1v) is 10.5. The molecule has 2 aromatic heterocycles. The lowest BCUT2D eigenvalue weighted by atomic mass is 10.0. The summed E-state index contributed by atoms with van der Waals surface area (Å²) in [6, 6.07) is 7.98. The minimum absolute atomic E-state index is 0.0969. The van der Waals surface area contributed by atoms with Gasteiger partial charge in [0.15, 0.2) is 5.65 Å². The van der Waals surface area contributed by atoms with E-state index in [0.717, 1.165) is 18.7 Å². The number of anilines is 1. The van der Waals surface area contributed by atoms with Gasteiger partial charge in [-0.25, -0.2) is 4.68 Å². The van der Waals surface area contributed by atoms with Gasteiger partial charge in [0, 0.05) is 24.7 Å². The summed E-state index contributed by atoms with van der Waals surface area (Å²) in [5.74, 6) is 0.436. The fourth-order valence-corrected chi connectivity index (χ4v) is 3.84. The molecule has 0 radical (unpaired) electrons. The van der Waals surface area contributed by atoms with Gasteiger partial charge < -0.3 is 10.1 Å². The van der Waals surface area contributed by atoms with Crippen LogP contribution < -0.4 is 10.9 Å². The highest BCUT2D eigenvalue weighted by Gasteiger charge is 2.24. The average molecular weight is 431 g/mol. The number of nitrogens with zero attached hydrogens (tertiary/aromatic N) is 4. The molecule has 1 fully saturated rings. The number of ether oxygens (including phenoxy) is 1. The Morgan fingerprint density at radius 1 is 1.23 bits per heavy atom. The number of hydrogen-bond acceptors (Lipinski definition) is 6. The van der Waals surface area contributed by atoms with Crippen LogP contribution in [-0.4, -0.2) is 57.5 Å². The number of aromatic amines is 1. The zero-order chi connectivity index (χ0) is 21.3. The maximum absolute atomic E-state index is 12.6. The van der Waals surface area contributed by atoms with E-state index in [1.807, 2.05) is 45.0 Å². The summed E-state index contributed by atoms with van der Waals surface area (Å²) in [6.07, 6.45) is 1.57. The molecule has 0 aliphatic carbocycles. The predicted molar refractivity (Wildman–Crippen MR) is 118 cm³/mol. The maximum Gasteiger partial charge on any atom is 0.263 e. The van der Waals surface area contributed by atoms with Crippen LogP contribution in [-0.2, 0) is 10.3 Å². The molecule has 0 bridgehead atoms. The van der Waals surface area contributed by atoms with Crippen LogP contribution in [0.2, 0.25) is 5.02 Å². The van der Waals surface area contributed by atoms with Crippen LogP contribution in [0.1, 0.15) is 32.4 Å². The quantitative estimate of drug-likeness (QED) is 0.647. The number of morpholine rings is 1. The number of H-pyrrole nitrogens is 1. The van der Waals surface area contributed by atoms with Gasteiger partial charge in [-0.2, -0.15) is 10.1 Å². The third kappa shape index (κ3) is 4.35. The lowest BCUT2D eigenvalue weighted by Crippen LogP contribution is -2.41. The molecule has 8 nitrogen and oxygen atoms in total. The molecule has 2 N–H and O–H groups in total. The summed E-state index contributed by atoms with van der Waals surface area (Å²) < 4.78 is 7.29. The number of nitrogens with one attached hydrogen (secondary N) is 2. The number of fused-ring (bicyclic) bond motifs is 1. The van der Waals surface area contributed by atoms with E-state index in [2.05, 4.69) is 25.3 Å². The smallest absolute Gasteiger partial charge is 0.263 e. The molecule has 0 saturated carbocycles. The van der Waals surface area contributed by atoms with Gasteiger partial charge in [0.05, 0.1) is 31.0 Å². The minimum atomic E-state index is -0.278. The van der Waals surface area contributed by atoms with Gasteiger partial charge in [0.2, 0.25) is 5.95 Å². The third-order valence-electron chi connectivity index (χ3n) is 5.28. The average Bonchev–Trinajstić information content (AvgIpc) is 3.15. The van der Waals surface area contributed by atoms with Crippen LogP contribution in [0.25, 0.3) is 11.0 Å².